The number of thiol groups is 1. The van der Waals surface area contributed by atoms with Gasteiger partial charge in [-0.25, -0.2) is 0 Å². The molecule has 90 valence electrons. The molecule has 0 bridgehead atoms. The molecule has 0 saturated carbocycles. The summed E-state index contributed by atoms with van der Waals surface area (Å²) in [7, 11) is 0. The van der Waals surface area contributed by atoms with Gasteiger partial charge in [-0.3, -0.25) is 9.59 Å². The van der Waals surface area contributed by atoms with Crippen LogP contribution in [0.4, 0.5) is 0 Å². The molecule has 0 radical (unpaired) electrons. The summed E-state index contributed by atoms with van der Waals surface area (Å²) in [5.74, 6) is -0.303. The average molecular weight is 256 g/mol. The minimum absolute atomic E-state index is 0.140. The van der Waals surface area contributed by atoms with Gasteiger partial charge in [-0.15, -0.1) is 12.6 Å². The van der Waals surface area contributed by atoms with Gasteiger partial charge < -0.3 is 0 Å². The number of hydrogen-bond acceptors (Lipinski definition) is 3. The highest BCUT2D eigenvalue weighted by Crippen LogP contribution is 2.27. The Kier molecular flexibility index (Phi) is 3.34. The standard InChI is InChI=1S/C15H12O2S/c1-3-5-10-7-13(16)11-8-14(18)9(4-2)6-12(11)15(10)17/h3-8,18H,2H2,1H3. The van der Waals surface area contributed by atoms with E-state index >= 15 is 0 Å². The number of hydrogen-bond donors (Lipinski definition) is 1. The molecule has 0 spiro atoms. The largest absolute Gasteiger partial charge is 0.289 e. The van der Waals surface area contributed by atoms with Crippen molar-refractivity contribution in [2.45, 2.75) is 11.8 Å². The van der Waals surface area contributed by atoms with Gasteiger partial charge in [0.1, 0.15) is 0 Å². The lowest BCUT2D eigenvalue weighted by Crippen LogP contribution is -2.16. The van der Waals surface area contributed by atoms with Crippen LogP contribution in [0.1, 0.15) is 33.2 Å². The summed E-state index contributed by atoms with van der Waals surface area (Å²) in [6.45, 7) is 5.47. The summed E-state index contributed by atoms with van der Waals surface area (Å²) in [5.41, 5.74) is 1.99. The van der Waals surface area contributed by atoms with Crippen LogP contribution in [0, 0.1) is 0 Å². The number of rotatable bonds is 2. The van der Waals surface area contributed by atoms with Gasteiger partial charge in [-0.05, 0) is 30.7 Å². The van der Waals surface area contributed by atoms with Crippen LogP contribution in [0.5, 0.6) is 0 Å². The molecule has 0 saturated heterocycles. The minimum Gasteiger partial charge on any atom is -0.289 e. The third-order valence-corrected chi connectivity index (χ3v) is 3.18. The minimum atomic E-state index is -0.163. The maximum absolute atomic E-state index is 12.2. The Morgan fingerprint density at radius 2 is 1.94 bits per heavy atom. The molecule has 1 aliphatic rings. The van der Waals surface area contributed by atoms with Crippen LogP contribution in [0.15, 0.2) is 47.4 Å². The van der Waals surface area contributed by atoms with Crippen LogP contribution in [-0.4, -0.2) is 11.6 Å². The Balaban J connectivity index is 2.66. The lowest BCUT2D eigenvalue weighted by Gasteiger charge is -2.14. The van der Waals surface area contributed by atoms with E-state index in [1.807, 2.05) is 0 Å². The molecule has 1 aromatic carbocycles. The van der Waals surface area contributed by atoms with E-state index in [9.17, 15) is 9.59 Å². The molecule has 0 atom stereocenters. The fourth-order valence-electron chi connectivity index (χ4n) is 1.90. The number of ketones is 2. The maximum Gasteiger partial charge on any atom is 0.193 e. The van der Waals surface area contributed by atoms with Gasteiger partial charge in [0.2, 0.25) is 0 Å². The van der Waals surface area contributed by atoms with E-state index in [1.165, 1.54) is 6.08 Å². The van der Waals surface area contributed by atoms with E-state index in [-0.39, 0.29) is 11.6 Å². The summed E-state index contributed by atoms with van der Waals surface area (Å²) in [6.07, 6.45) is 6.37. The zero-order chi connectivity index (χ0) is 13.3. The third kappa shape index (κ3) is 1.97. The Labute approximate surface area is 111 Å². The van der Waals surface area contributed by atoms with Crippen LogP contribution < -0.4 is 0 Å². The molecule has 0 aromatic heterocycles. The smallest absolute Gasteiger partial charge is 0.193 e. The molecular weight excluding hydrogens is 244 g/mol. The topological polar surface area (TPSA) is 34.1 Å². The first-order valence-electron chi connectivity index (χ1n) is 5.51. The van der Waals surface area contributed by atoms with E-state index in [2.05, 4.69) is 19.2 Å². The van der Waals surface area contributed by atoms with Gasteiger partial charge >= 0.3 is 0 Å². The van der Waals surface area contributed by atoms with E-state index in [1.54, 1.807) is 37.3 Å². The second-order valence-electron chi connectivity index (χ2n) is 3.95. The van der Waals surface area contributed by atoms with Gasteiger partial charge in [-0.1, -0.05) is 24.8 Å². The quantitative estimate of drug-likeness (QED) is 0.822. The molecule has 0 unspecified atom stereocenters. The Hall–Kier alpha value is -1.87. The molecule has 3 heteroatoms. The van der Waals surface area contributed by atoms with Gasteiger partial charge in [0.15, 0.2) is 11.6 Å². The molecular formula is C15H12O2S. The van der Waals surface area contributed by atoms with Crippen LogP contribution in [-0.2, 0) is 0 Å². The van der Waals surface area contributed by atoms with Gasteiger partial charge in [0.25, 0.3) is 0 Å². The second kappa shape index (κ2) is 4.78. The molecule has 1 aliphatic carbocycles. The Morgan fingerprint density at radius 1 is 1.22 bits per heavy atom. The molecule has 2 nitrogen and oxygen atoms in total. The normalized spacial score (nSPS) is 14.7. The van der Waals surface area contributed by atoms with Crippen LogP contribution in [0.3, 0.4) is 0 Å². The zero-order valence-corrected chi connectivity index (χ0v) is 10.8. The highest BCUT2D eigenvalue weighted by molar-refractivity contribution is 7.80. The Bertz CT molecular complexity index is 622. The van der Waals surface area contributed by atoms with Crippen molar-refractivity contribution in [3.05, 3.63) is 59.2 Å². The lowest BCUT2D eigenvalue weighted by atomic mass is 9.88. The number of allylic oxidation sites excluding steroid dienone is 4. The summed E-state index contributed by atoms with van der Waals surface area (Å²) >= 11 is 4.28. The van der Waals surface area contributed by atoms with Crippen LogP contribution in [0.2, 0.25) is 0 Å². The maximum atomic E-state index is 12.2. The summed E-state index contributed by atoms with van der Waals surface area (Å²) < 4.78 is 0. The number of carbonyl (C=O) groups excluding carboxylic acids is 2. The highest BCUT2D eigenvalue weighted by atomic mass is 32.1. The molecule has 0 fully saturated rings. The average Bonchev–Trinajstić information content (AvgIpc) is 2.35. The molecule has 0 amide bonds. The van der Waals surface area contributed by atoms with Crippen molar-refractivity contribution in [3.8, 4) is 0 Å². The number of fused-ring (bicyclic) bond motifs is 1. The van der Waals surface area contributed by atoms with Crippen molar-refractivity contribution in [3.63, 3.8) is 0 Å². The van der Waals surface area contributed by atoms with E-state index in [0.29, 0.717) is 21.6 Å². The molecule has 0 heterocycles. The number of Topliss-reactive ketones (excluding diaryl/α,β-unsaturated/α-hetero) is 1. The van der Waals surface area contributed by atoms with Crippen LogP contribution in [0.25, 0.3) is 6.08 Å². The van der Waals surface area contributed by atoms with Crippen LogP contribution >= 0.6 is 12.6 Å². The fourth-order valence-corrected chi connectivity index (χ4v) is 2.19. The highest BCUT2D eigenvalue weighted by Gasteiger charge is 2.24. The van der Waals surface area contributed by atoms with Crippen molar-refractivity contribution < 1.29 is 9.59 Å². The molecule has 1 aromatic rings. The molecule has 18 heavy (non-hydrogen) atoms. The monoisotopic (exact) mass is 256 g/mol. The van der Waals surface area contributed by atoms with Crippen molar-refractivity contribution >= 4 is 30.3 Å². The summed E-state index contributed by atoms with van der Waals surface area (Å²) in [5, 5.41) is 0. The first-order chi connectivity index (χ1) is 8.58. The molecule has 0 aliphatic heterocycles. The molecule has 0 N–H and O–H groups in total. The Morgan fingerprint density at radius 3 is 2.56 bits per heavy atom. The number of carbonyl (C=O) groups is 2. The van der Waals surface area contributed by atoms with E-state index in [4.69, 9.17) is 0 Å². The SMILES string of the molecule is C=Cc1cc2c(cc1S)C(=O)C=C(C=CC)C2=O. The second-order valence-corrected chi connectivity index (χ2v) is 4.44. The lowest BCUT2D eigenvalue weighted by molar-refractivity contribution is 0.0987. The first kappa shape index (κ1) is 12.6. The summed E-state index contributed by atoms with van der Waals surface area (Å²) in [4.78, 5) is 24.8. The third-order valence-electron chi connectivity index (χ3n) is 2.79. The predicted molar refractivity (Wildman–Crippen MR) is 75.3 cm³/mol. The van der Waals surface area contributed by atoms with Gasteiger partial charge in [0, 0.05) is 21.6 Å². The van der Waals surface area contributed by atoms with Gasteiger partial charge in [-0.2, -0.15) is 0 Å². The molecule has 2 rings (SSSR count). The van der Waals surface area contributed by atoms with E-state index in [0.717, 1.165) is 5.56 Å². The van der Waals surface area contributed by atoms with Gasteiger partial charge in [0.05, 0.1) is 0 Å². The van der Waals surface area contributed by atoms with Crippen molar-refractivity contribution in [2.24, 2.45) is 0 Å². The fraction of sp³-hybridized carbons (Fsp3) is 0.0667. The number of benzene rings is 1. The zero-order valence-electron chi connectivity index (χ0n) is 9.93. The van der Waals surface area contributed by atoms with E-state index < -0.39 is 0 Å². The van der Waals surface area contributed by atoms with Crippen molar-refractivity contribution in [1.29, 1.82) is 0 Å². The summed E-state index contributed by atoms with van der Waals surface area (Å²) in [6, 6.07) is 3.29. The predicted octanol–water partition coefficient (Wildman–Crippen LogP) is 3.50. The first-order valence-corrected chi connectivity index (χ1v) is 5.96. The van der Waals surface area contributed by atoms with Crippen molar-refractivity contribution in [2.75, 3.05) is 0 Å². The van der Waals surface area contributed by atoms with Crippen molar-refractivity contribution in [1.82, 2.24) is 0 Å².